The van der Waals surface area contributed by atoms with E-state index >= 15 is 0 Å². The van der Waals surface area contributed by atoms with Crippen molar-refractivity contribution in [1.29, 1.82) is 0 Å². The van der Waals surface area contributed by atoms with Crippen molar-refractivity contribution in [1.82, 2.24) is 15.0 Å². The molecular weight excluding hydrogens is 288 g/mol. The van der Waals surface area contributed by atoms with E-state index in [-0.39, 0.29) is 17.3 Å². The maximum absolute atomic E-state index is 6.01. The van der Waals surface area contributed by atoms with Crippen LogP contribution in [0.4, 0.5) is 11.6 Å². The molecule has 1 aromatic heterocycles. The van der Waals surface area contributed by atoms with Crippen LogP contribution in [0.2, 0.25) is 5.28 Å². The molecule has 2 aromatic rings. The van der Waals surface area contributed by atoms with E-state index in [2.05, 4.69) is 38.9 Å². The fourth-order valence-electron chi connectivity index (χ4n) is 2.56. The Bertz CT molecular complexity index is 649. The predicted molar refractivity (Wildman–Crippen MR) is 82.4 cm³/mol. The normalized spacial score (nSPS) is 16.9. The number of benzene rings is 1. The summed E-state index contributed by atoms with van der Waals surface area (Å²) in [5.74, 6) is 0.540. The van der Waals surface area contributed by atoms with Crippen LogP contribution in [0.15, 0.2) is 24.3 Å². The second kappa shape index (κ2) is 5.85. The predicted octanol–water partition coefficient (Wildman–Crippen LogP) is 3.40. The van der Waals surface area contributed by atoms with Crippen molar-refractivity contribution in [2.75, 3.05) is 11.5 Å². The molecule has 0 aliphatic carbocycles. The minimum Gasteiger partial charge on any atom is -0.463 e. The van der Waals surface area contributed by atoms with Crippen LogP contribution < -0.4 is 9.64 Å². The van der Waals surface area contributed by atoms with Gasteiger partial charge in [-0.2, -0.15) is 15.0 Å². The highest BCUT2D eigenvalue weighted by Gasteiger charge is 2.29. The summed E-state index contributed by atoms with van der Waals surface area (Å²) in [7, 11) is 0. The lowest BCUT2D eigenvalue weighted by Crippen LogP contribution is -2.26. The first-order valence-corrected chi connectivity index (χ1v) is 7.48. The largest absolute Gasteiger partial charge is 0.463 e. The number of nitrogens with zero attached hydrogens (tertiary/aromatic N) is 4. The Balaban J connectivity index is 1.98. The molecule has 21 heavy (non-hydrogen) atoms. The zero-order chi connectivity index (χ0) is 14.8. The van der Waals surface area contributed by atoms with Crippen LogP contribution in [0.3, 0.4) is 0 Å². The molecule has 0 radical (unpaired) electrons. The monoisotopic (exact) mass is 304 g/mol. The first-order chi connectivity index (χ1) is 10.2. The second-order valence-electron chi connectivity index (χ2n) is 5.09. The third kappa shape index (κ3) is 2.78. The Morgan fingerprint density at radius 2 is 2.10 bits per heavy atom. The lowest BCUT2D eigenvalue weighted by atomic mass is 10.1. The molecule has 0 saturated heterocycles. The molecule has 3 rings (SSSR count). The highest BCUT2D eigenvalue weighted by Crippen LogP contribution is 2.36. The summed E-state index contributed by atoms with van der Waals surface area (Å²) in [6.45, 7) is 4.73. The zero-order valence-electron chi connectivity index (χ0n) is 12.1. The minimum absolute atomic E-state index is 0.155. The van der Waals surface area contributed by atoms with E-state index in [1.54, 1.807) is 0 Å². The van der Waals surface area contributed by atoms with E-state index in [0.717, 1.165) is 18.5 Å². The molecular formula is C15H17ClN4O. The van der Waals surface area contributed by atoms with Crippen molar-refractivity contribution in [2.45, 2.75) is 32.7 Å². The van der Waals surface area contributed by atoms with Crippen molar-refractivity contribution < 1.29 is 4.74 Å². The highest BCUT2D eigenvalue weighted by atomic mass is 35.5. The SMILES string of the molecule is CCCOc1nc(Cl)nc(N2c3ccccc3CC2C)n1. The summed E-state index contributed by atoms with van der Waals surface area (Å²) in [5, 5.41) is 0.155. The van der Waals surface area contributed by atoms with Crippen molar-refractivity contribution in [3.8, 4) is 6.01 Å². The van der Waals surface area contributed by atoms with Crippen molar-refractivity contribution in [3.05, 3.63) is 35.1 Å². The standard InChI is InChI=1S/C15H17ClN4O/c1-3-8-21-15-18-13(16)17-14(19-15)20-10(2)9-11-6-4-5-7-12(11)20/h4-7,10H,3,8-9H2,1-2H3. The van der Waals surface area contributed by atoms with Gasteiger partial charge in [0.1, 0.15) is 0 Å². The Labute approximate surface area is 129 Å². The molecule has 6 heteroatoms. The molecule has 1 aliphatic rings. The Kier molecular flexibility index (Phi) is 3.92. The van der Waals surface area contributed by atoms with Gasteiger partial charge in [0.25, 0.3) is 0 Å². The number of ether oxygens (including phenoxy) is 1. The molecule has 0 spiro atoms. The van der Waals surface area contributed by atoms with Crippen molar-refractivity contribution in [3.63, 3.8) is 0 Å². The fraction of sp³-hybridized carbons (Fsp3) is 0.400. The first kappa shape index (κ1) is 14.1. The van der Waals surface area contributed by atoms with E-state index in [4.69, 9.17) is 16.3 Å². The molecule has 1 atom stereocenters. The smallest absolute Gasteiger partial charge is 0.322 e. The Morgan fingerprint density at radius 1 is 1.29 bits per heavy atom. The Hall–Kier alpha value is -1.88. The third-order valence-corrected chi connectivity index (χ3v) is 3.60. The van der Waals surface area contributed by atoms with Gasteiger partial charge in [-0.15, -0.1) is 0 Å². The number of hydrogen-bond acceptors (Lipinski definition) is 5. The summed E-state index contributed by atoms with van der Waals surface area (Å²) in [5.41, 5.74) is 2.41. The average molecular weight is 305 g/mol. The first-order valence-electron chi connectivity index (χ1n) is 7.10. The van der Waals surface area contributed by atoms with Crippen molar-refractivity contribution in [2.24, 2.45) is 0 Å². The molecule has 0 amide bonds. The number of rotatable bonds is 4. The summed E-state index contributed by atoms with van der Waals surface area (Å²) in [4.78, 5) is 14.8. The van der Waals surface area contributed by atoms with Gasteiger partial charge >= 0.3 is 6.01 Å². The van der Waals surface area contributed by atoms with E-state index in [1.165, 1.54) is 5.56 Å². The van der Waals surface area contributed by atoms with Crippen LogP contribution in [-0.2, 0) is 6.42 Å². The Morgan fingerprint density at radius 3 is 2.90 bits per heavy atom. The number of aromatic nitrogens is 3. The van der Waals surface area contributed by atoms with Crippen LogP contribution in [0, 0.1) is 0 Å². The topological polar surface area (TPSA) is 51.1 Å². The average Bonchev–Trinajstić information content (AvgIpc) is 2.80. The maximum Gasteiger partial charge on any atom is 0.322 e. The summed E-state index contributed by atoms with van der Waals surface area (Å²) < 4.78 is 5.49. The highest BCUT2D eigenvalue weighted by molar-refractivity contribution is 6.28. The van der Waals surface area contributed by atoms with Gasteiger partial charge in [0.15, 0.2) is 0 Å². The minimum atomic E-state index is 0.155. The van der Waals surface area contributed by atoms with Gasteiger partial charge in [-0.1, -0.05) is 25.1 Å². The van der Waals surface area contributed by atoms with E-state index < -0.39 is 0 Å². The van der Waals surface area contributed by atoms with Crippen LogP contribution in [0.25, 0.3) is 0 Å². The van der Waals surface area contributed by atoms with Gasteiger partial charge in [-0.3, -0.25) is 0 Å². The van der Waals surface area contributed by atoms with Crippen LogP contribution >= 0.6 is 11.6 Å². The molecule has 2 heterocycles. The summed E-state index contributed by atoms with van der Waals surface area (Å²) >= 11 is 6.01. The molecule has 0 saturated carbocycles. The lowest BCUT2D eigenvalue weighted by molar-refractivity contribution is 0.291. The zero-order valence-corrected chi connectivity index (χ0v) is 12.8. The lowest BCUT2D eigenvalue weighted by Gasteiger charge is -2.22. The molecule has 110 valence electrons. The number of fused-ring (bicyclic) bond motifs is 1. The van der Waals surface area contributed by atoms with Gasteiger partial charge in [-0.25, -0.2) is 0 Å². The fourth-order valence-corrected chi connectivity index (χ4v) is 2.71. The third-order valence-electron chi connectivity index (χ3n) is 3.43. The van der Waals surface area contributed by atoms with Gasteiger partial charge in [0, 0.05) is 11.7 Å². The van der Waals surface area contributed by atoms with E-state index in [1.807, 2.05) is 19.1 Å². The maximum atomic E-state index is 6.01. The molecule has 1 aliphatic heterocycles. The van der Waals surface area contributed by atoms with Crippen molar-refractivity contribution >= 4 is 23.2 Å². The number of para-hydroxylation sites is 1. The van der Waals surface area contributed by atoms with E-state index in [9.17, 15) is 0 Å². The van der Waals surface area contributed by atoms with Gasteiger partial charge in [-0.05, 0) is 43.0 Å². The van der Waals surface area contributed by atoms with E-state index in [0.29, 0.717) is 12.6 Å². The summed E-state index contributed by atoms with van der Waals surface area (Å²) in [6.07, 6.45) is 1.85. The molecule has 0 fully saturated rings. The second-order valence-corrected chi connectivity index (χ2v) is 5.43. The number of hydrogen-bond donors (Lipinski definition) is 0. The number of anilines is 2. The van der Waals surface area contributed by atoms with Crippen LogP contribution in [-0.4, -0.2) is 27.6 Å². The van der Waals surface area contributed by atoms with Gasteiger partial charge in [0.05, 0.1) is 6.61 Å². The molecule has 1 aromatic carbocycles. The molecule has 5 nitrogen and oxygen atoms in total. The van der Waals surface area contributed by atoms with Gasteiger partial charge < -0.3 is 9.64 Å². The molecule has 0 N–H and O–H groups in total. The number of halogens is 1. The summed E-state index contributed by atoms with van der Waals surface area (Å²) in [6, 6.07) is 8.82. The quantitative estimate of drug-likeness (QED) is 0.866. The molecule has 1 unspecified atom stereocenters. The molecule has 0 bridgehead atoms. The van der Waals surface area contributed by atoms with Crippen LogP contribution in [0.1, 0.15) is 25.8 Å². The van der Waals surface area contributed by atoms with Gasteiger partial charge in [0.2, 0.25) is 11.2 Å². The van der Waals surface area contributed by atoms with Crippen LogP contribution in [0.5, 0.6) is 6.01 Å².